The zero-order valence-corrected chi connectivity index (χ0v) is 10.9. The summed E-state index contributed by atoms with van der Waals surface area (Å²) in [5.41, 5.74) is 2.77. The maximum Gasteiger partial charge on any atom is 0.261 e. The maximum absolute atomic E-state index is 12.1. The molecule has 1 amide bonds. The van der Waals surface area contributed by atoms with E-state index in [1.54, 1.807) is 26.0 Å². The van der Waals surface area contributed by atoms with Crippen molar-refractivity contribution in [1.82, 2.24) is 5.16 Å². The summed E-state index contributed by atoms with van der Waals surface area (Å²) < 4.78 is 4.97. The fourth-order valence-electron chi connectivity index (χ4n) is 1.88. The van der Waals surface area contributed by atoms with Gasteiger partial charge in [-0.2, -0.15) is 0 Å². The van der Waals surface area contributed by atoms with Crippen molar-refractivity contribution in [3.8, 4) is 0 Å². The Kier molecular flexibility index (Phi) is 3.97. The molecular weight excluding hydrogens is 244 g/mol. The largest absolute Gasteiger partial charge is 0.396 e. The SMILES string of the molecule is Cc1noc(C)c1C(=O)Nc1ccc(CCO)cc1. The number of nitrogens with one attached hydrogen (secondary N) is 1. The van der Waals surface area contributed by atoms with E-state index in [2.05, 4.69) is 10.5 Å². The number of aliphatic hydroxyl groups is 1. The molecule has 2 rings (SSSR count). The average Bonchev–Trinajstić information content (AvgIpc) is 2.72. The predicted molar refractivity (Wildman–Crippen MR) is 71.2 cm³/mol. The summed E-state index contributed by atoms with van der Waals surface area (Å²) in [5, 5.41) is 15.4. The molecule has 1 heterocycles. The van der Waals surface area contributed by atoms with Crippen molar-refractivity contribution >= 4 is 11.6 Å². The van der Waals surface area contributed by atoms with Crippen LogP contribution in [0, 0.1) is 13.8 Å². The summed E-state index contributed by atoms with van der Waals surface area (Å²) in [6, 6.07) is 7.36. The molecular formula is C14H16N2O3. The minimum atomic E-state index is -0.230. The first kappa shape index (κ1) is 13.3. The number of anilines is 1. The molecule has 100 valence electrons. The summed E-state index contributed by atoms with van der Waals surface area (Å²) in [7, 11) is 0. The molecule has 1 aromatic heterocycles. The number of amides is 1. The number of aryl methyl sites for hydroxylation is 2. The second kappa shape index (κ2) is 5.67. The van der Waals surface area contributed by atoms with Gasteiger partial charge in [0.1, 0.15) is 11.3 Å². The molecule has 2 aromatic rings. The van der Waals surface area contributed by atoms with Crippen LogP contribution in [0.25, 0.3) is 0 Å². The van der Waals surface area contributed by atoms with Crippen LogP contribution in [-0.4, -0.2) is 22.8 Å². The molecule has 1 aromatic carbocycles. The lowest BCUT2D eigenvalue weighted by Gasteiger charge is -2.05. The van der Waals surface area contributed by atoms with Crippen LogP contribution in [0.2, 0.25) is 0 Å². The molecule has 0 saturated heterocycles. The molecule has 0 atom stereocenters. The predicted octanol–water partition coefficient (Wildman–Crippen LogP) is 2.08. The van der Waals surface area contributed by atoms with Crippen molar-refractivity contribution < 1.29 is 14.4 Å². The Balaban J connectivity index is 2.11. The third-order valence-electron chi connectivity index (χ3n) is 2.87. The monoisotopic (exact) mass is 260 g/mol. The second-order valence-corrected chi connectivity index (χ2v) is 4.32. The van der Waals surface area contributed by atoms with Gasteiger partial charge in [0.2, 0.25) is 0 Å². The van der Waals surface area contributed by atoms with Crippen LogP contribution in [-0.2, 0) is 6.42 Å². The lowest BCUT2D eigenvalue weighted by atomic mass is 10.1. The Bertz CT molecular complexity index is 553. The highest BCUT2D eigenvalue weighted by Crippen LogP contribution is 2.16. The number of carbonyl (C=O) groups excluding carboxylic acids is 1. The number of hydrogen-bond acceptors (Lipinski definition) is 4. The number of hydrogen-bond donors (Lipinski definition) is 2. The van der Waals surface area contributed by atoms with E-state index in [1.807, 2.05) is 12.1 Å². The normalized spacial score (nSPS) is 10.5. The van der Waals surface area contributed by atoms with E-state index >= 15 is 0 Å². The fourth-order valence-corrected chi connectivity index (χ4v) is 1.88. The number of nitrogens with zero attached hydrogens (tertiary/aromatic N) is 1. The van der Waals surface area contributed by atoms with Gasteiger partial charge in [-0.1, -0.05) is 17.3 Å². The van der Waals surface area contributed by atoms with Crippen molar-refractivity contribution in [3.05, 3.63) is 46.8 Å². The first-order valence-electron chi connectivity index (χ1n) is 6.06. The quantitative estimate of drug-likeness (QED) is 0.882. The summed E-state index contributed by atoms with van der Waals surface area (Å²) in [6.45, 7) is 3.56. The Morgan fingerprint density at radius 1 is 1.32 bits per heavy atom. The standard InChI is InChI=1S/C14H16N2O3/c1-9-13(10(2)19-16-9)14(18)15-12-5-3-11(4-6-12)7-8-17/h3-6,17H,7-8H2,1-2H3,(H,15,18). The number of aliphatic hydroxyl groups excluding tert-OH is 1. The zero-order valence-electron chi connectivity index (χ0n) is 10.9. The fraction of sp³-hybridized carbons (Fsp3) is 0.286. The van der Waals surface area contributed by atoms with E-state index in [4.69, 9.17) is 9.63 Å². The van der Waals surface area contributed by atoms with Gasteiger partial charge in [-0.05, 0) is 38.0 Å². The van der Waals surface area contributed by atoms with Crippen LogP contribution in [0.5, 0.6) is 0 Å². The molecule has 0 unspecified atom stereocenters. The van der Waals surface area contributed by atoms with Gasteiger partial charge in [-0.3, -0.25) is 4.79 Å². The second-order valence-electron chi connectivity index (χ2n) is 4.32. The topological polar surface area (TPSA) is 75.4 Å². The highest BCUT2D eigenvalue weighted by atomic mass is 16.5. The molecule has 5 nitrogen and oxygen atoms in total. The van der Waals surface area contributed by atoms with E-state index in [0.717, 1.165) is 5.56 Å². The summed E-state index contributed by atoms with van der Waals surface area (Å²) in [5.74, 6) is 0.276. The first-order valence-corrected chi connectivity index (χ1v) is 6.06. The highest BCUT2D eigenvalue weighted by Gasteiger charge is 2.17. The number of aromatic nitrogens is 1. The van der Waals surface area contributed by atoms with Crippen molar-refractivity contribution in [1.29, 1.82) is 0 Å². The number of benzene rings is 1. The molecule has 5 heteroatoms. The average molecular weight is 260 g/mol. The molecule has 0 spiro atoms. The first-order chi connectivity index (χ1) is 9.11. The summed E-state index contributed by atoms with van der Waals surface area (Å²) >= 11 is 0. The molecule has 0 saturated carbocycles. The van der Waals surface area contributed by atoms with E-state index in [9.17, 15) is 4.79 Å². The van der Waals surface area contributed by atoms with Crippen molar-refractivity contribution in [2.75, 3.05) is 11.9 Å². The van der Waals surface area contributed by atoms with Gasteiger partial charge in [0.05, 0.1) is 5.69 Å². The number of rotatable bonds is 4. The molecule has 0 fully saturated rings. The zero-order chi connectivity index (χ0) is 13.8. The van der Waals surface area contributed by atoms with Crippen molar-refractivity contribution in [3.63, 3.8) is 0 Å². The van der Waals surface area contributed by atoms with Gasteiger partial charge in [0, 0.05) is 12.3 Å². The van der Waals surface area contributed by atoms with E-state index in [0.29, 0.717) is 29.1 Å². The molecule has 0 bridgehead atoms. The third kappa shape index (κ3) is 3.00. The Morgan fingerprint density at radius 2 is 2.00 bits per heavy atom. The smallest absolute Gasteiger partial charge is 0.261 e. The van der Waals surface area contributed by atoms with Gasteiger partial charge in [0.25, 0.3) is 5.91 Å². The van der Waals surface area contributed by atoms with E-state index in [-0.39, 0.29) is 12.5 Å². The van der Waals surface area contributed by atoms with Gasteiger partial charge < -0.3 is 14.9 Å². The lowest BCUT2D eigenvalue weighted by molar-refractivity contribution is 0.102. The minimum absolute atomic E-state index is 0.116. The molecule has 0 aliphatic rings. The molecule has 0 aliphatic heterocycles. The van der Waals surface area contributed by atoms with Gasteiger partial charge in [0.15, 0.2) is 0 Å². The number of carbonyl (C=O) groups is 1. The Hall–Kier alpha value is -2.14. The van der Waals surface area contributed by atoms with E-state index in [1.165, 1.54) is 0 Å². The minimum Gasteiger partial charge on any atom is -0.396 e. The maximum atomic E-state index is 12.1. The van der Waals surface area contributed by atoms with E-state index < -0.39 is 0 Å². The van der Waals surface area contributed by atoms with Gasteiger partial charge in [-0.15, -0.1) is 0 Å². The van der Waals surface area contributed by atoms with Crippen LogP contribution in [0.3, 0.4) is 0 Å². The molecule has 0 radical (unpaired) electrons. The van der Waals surface area contributed by atoms with Gasteiger partial charge >= 0.3 is 0 Å². The molecule has 2 N–H and O–H groups in total. The summed E-state index contributed by atoms with van der Waals surface area (Å²) in [4.78, 5) is 12.1. The highest BCUT2D eigenvalue weighted by molar-refractivity contribution is 6.05. The van der Waals surface area contributed by atoms with Crippen LogP contribution in [0.1, 0.15) is 27.4 Å². The van der Waals surface area contributed by atoms with Crippen molar-refractivity contribution in [2.24, 2.45) is 0 Å². The van der Waals surface area contributed by atoms with Crippen LogP contribution < -0.4 is 5.32 Å². The van der Waals surface area contributed by atoms with Gasteiger partial charge in [-0.25, -0.2) is 0 Å². The molecule has 19 heavy (non-hydrogen) atoms. The van der Waals surface area contributed by atoms with Crippen LogP contribution in [0.4, 0.5) is 5.69 Å². The third-order valence-corrected chi connectivity index (χ3v) is 2.87. The van der Waals surface area contributed by atoms with Crippen LogP contribution in [0.15, 0.2) is 28.8 Å². The summed E-state index contributed by atoms with van der Waals surface area (Å²) in [6.07, 6.45) is 0.609. The van der Waals surface area contributed by atoms with Crippen LogP contribution >= 0.6 is 0 Å². The van der Waals surface area contributed by atoms with Crippen molar-refractivity contribution in [2.45, 2.75) is 20.3 Å². The Morgan fingerprint density at radius 3 is 2.53 bits per heavy atom. The Labute approximate surface area is 111 Å². The lowest BCUT2D eigenvalue weighted by Crippen LogP contribution is -2.13. The molecule has 0 aliphatic carbocycles.